The molecule has 1 aromatic heterocycles. The van der Waals surface area contributed by atoms with Gasteiger partial charge in [0.2, 0.25) is 0 Å². The molecule has 2 aromatic rings. The fourth-order valence-electron chi connectivity index (χ4n) is 3.31. The van der Waals surface area contributed by atoms with E-state index in [0.29, 0.717) is 0 Å². The Morgan fingerprint density at radius 1 is 1.21 bits per heavy atom. The second-order valence-electron chi connectivity index (χ2n) is 5.41. The second kappa shape index (κ2) is 5.08. The van der Waals surface area contributed by atoms with Crippen molar-refractivity contribution in [3.8, 4) is 0 Å². The zero-order valence-electron chi connectivity index (χ0n) is 11.2. The molecule has 2 nitrogen and oxygen atoms in total. The van der Waals surface area contributed by atoms with Crippen molar-refractivity contribution >= 4 is 11.3 Å². The maximum absolute atomic E-state index is 5.92. The van der Waals surface area contributed by atoms with Crippen LogP contribution in [0.25, 0.3) is 0 Å². The van der Waals surface area contributed by atoms with Crippen molar-refractivity contribution < 1.29 is 0 Å². The van der Waals surface area contributed by atoms with Gasteiger partial charge in [-0.3, -0.25) is 11.3 Å². The van der Waals surface area contributed by atoms with Crippen LogP contribution in [0, 0.1) is 6.92 Å². The number of nitrogens with two attached hydrogens (primary N) is 1. The topological polar surface area (TPSA) is 38.0 Å². The molecular weight excluding hydrogens is 252 g/mol. The van der Waals surface area contributed by atoms with E-state index in [0.717, 1.165) is 0 Å². The van der Waals surface area contributed by atoms with E-state index in [2.05, 4.69) is 54.1 Å². The largest absolute Gasteiger partial charge is 0.271 e. The molecule has 0 saturated heterocycles. The highest BCUT2D eigenvalue weighted by Gasteiger charge is 2.46. The van der Waals surface area contributed by atoms with E-state index >= 15 is 0 Å². The molecule has 1 heterocycles. The predicted molar refractivity (Wildman–Crippen MR) is 81.1 cm³/mol. The first-order valence-electron chi connectivity index (χ1n) is 6.83. The monoisotopic (exact) mass is 272 g/mol. The molecule has 1 aliphatic carbocycles. The summed E-state index contributed by atoms with van der Waals surface area (Å²) < 4.78 is 0. The lowest BCUT2D eigenvalue weighted by Gasteiger charge is -2.48. The highest BCUT2D eigenvalue weighted by molar-refractivity contribution is 7.10. The summed E-state index contributed by atoms with van der Waals surface area (Å²) in [6, 6.07) is 13.3. The quantitative estimate of drug-likeness (QED) is 0.658. The van der Waals surface area contributed by atoms with Crippen LogP contribution >= 0.6 is 11.3 Å². The summed E-state index contributed by atoms with van der Waals surface area (Å²) in [7, 11) is 0. The van der Waals surface area contributed by atoms with Crippen LogP contribution in [-0.2, 0) is 5.41 Å². The SMILES string of the molecule is Cc1sccc1C(NN)C1(c2ccccc2)CCC1. The molecule has 0 radical (unpaired) electrons. The van der Waals surface area contributed by atoms with Crippen molar-refractivity contribution in [1.29, 1.82) is 0 Å². The molecule has 1 atom stereocenters. The Kier molecular flexibility index (Phi) is 3.44. The van der Waals surface area contributed by atoms with Crippen molar-refractivity contribution in [2.24, 2.45) is 5.84 Å². The summed E-state index contributed by atoms with van der Waals surface area (Å²) in [5, 5.41) is 2.16. The first-order valence-corrected chi connectivity index (χ1v) is 7.71. The van der Waals surface area contributed by atoms with Crippen molar-refractivity contribution in [1.82, 2.24) is 5.43 Å². The van der Waals surface area contributed by atoms with Gasteiger partial charge in [-0.2, -0.15) is 0 Å². The number of hydrogen-bond acceptors (Lipinski definition) is 3. The standard InChI is InChI=1S/C16H20N2S/c1-12-14(8-11-19-12)15(18-17)16(9-5-10-16)13-6-3-2-4-7-13/h2-4,6-8,11,15,18H,5,9-10,17H2,1H3. The Hall–Kier alpha value is -1.16. The normalized spacial score (nSPS) is 18.8. The van der Waals surface area contributed by atoms with Gasteiger partial charge in [0.1, 0.15) is 0 Å². The Balaban J connectivity index is 2.04. The van der Waals surface area contributed by atoms with Gasteiger partial charge in [0, 0.05) is 10.3 Å². The number of aryl methyl sites for hydroxylation is 1. The van der Waals surface area contributed by atoms with Crippen molar-refractivity contribution in [2.75, 3.05) is 0 Å². The lowest BCUT2D eigenvalue weighted by atomic mass is 9.59. The second-order valence-corrected chi connectivity index (χ2v) is 6.53. The van der Waals surface area contributed by atoms with Crippen LogP contribution in [0.1, 0.15) is 41.3 Å². The summed E-state index contributed by atoms with van der Waals surface area (Å²) in [6.45, 7) is 2.18. The number of thiophene rings is 1. The number of hydrogen-bond donors (Lipinski definition) is 2. The number of benzene rings is 1. The van der Waals surface area contributed by atoms with Crippen LogP contribution in [-0.4, -0.2) is 0 Å². The molecule has 0 amide bonds. The van der Waals surface area contributed by atoms with Crippen LogP contribution in [0.4, 0.5) is 0 Å². The van der Waals surface area contributed by atoms with Crippen LogP contribution < -0.4 is 11.3 Å². The zero-order chi connectivity index (χ0) is 13.3. The summed E-state index contributed by atoms with van der Waals surface area (Å²) in [6.07, 6.45) is 3.71. The van der Waals surface area contributed by atoms with E-state index in [1.807, 2.05) is 0 Å². The van der Waals surface area contributed by atoms with E-state index in [4.69, 9.17) is 5.84 Å². The van der Waals surface area contributed by atoms with E-state index in [1.54, 1.807) is 11.3 Å². The molecule has 1 fully saturated rings. The molecule has 1 saturated carbocycles. The molecule has 1 aromatic carbocycles. The third kappa shape index (κ3) is 2.02. The molecule has 0 bridgehead atoms. The molecule has 1 aliphatic rings. The van der Waals surface area contributed by atoms with Gasteiger partial charge in [-0.1, -0.05) is 36.8 Å². The minimum absolute atomic E-state index is 0.168. The highest BCUT2D eigenvalue weighted by atomic mass is 32.1. The average Bonchev–Trinajstić information content (AvgIpc) is 2.81. The highest BCUT2D eigenvalue weighted by Crippen LogP contribution is 2.52. The summed E-state index contributed by atoms with van der Waals surface area (Å²) in [4.78, 5) is 1.37. The van der Waals surface area contributed by atoms with Crippen LogP contribution in [0.5, 0.6) is 0 Å². The maximum Gasteiger partial charge on any atom is 0.0567 e. The van der Waals surface area contributed by atoms with Gasteiger partial charge in [0.25, 0.3) is 0 Å². The first-order chi connectivity index (χ1) is 9.28. The molecule has 0 spiro atoms. The Bertz CT molecular complexity index is 543. The lowest BCUT2D eigenvalue weighted by molar-refractivity contribution is 0.170. The van der Waals surface area contributed by atoms with Crippen LogP contribution in [0.2, 0.25) is 0 Å². The maximum atomic E-state index is 5.92. The lowest BCUT2D eigenvalue weighted by Crippen LogP contribution is -2.49. The fourth-order valence-corrected chi connectivity index (χ4v) is 4.05. The van der Waals surface area contributed by atoms with Gasteiger partial charge in [-0.15, -0.1) is 11.3 Å². The fraction of sp³-hybridized carbons (Fsp3) is 0.375. The molecular formula is C16H20N2S. The first kappa shape index (κ1) is 12.9. The van der Waals surface area contributed by atoms with E-state index in [-0.39, 0.29) is 11.5 Å². The summed E-state index contributed by atoms with van der Waals surface area (Å²) >= 11 is 1.80. The van der Waals surface area contributed by atoms with Gasteiger partial charge in [-0.25, -0.2) is 0 Å². The summed E-state index contributed by atoms with van der Waals surface area (Å²) in [5.41, 5.74) is 6.03. The molecule has 19 heavy (non-hydrogen) atoms. The van der Waals surface area contributed by atoms with Gasteiger partial charge in [0.05, 0.1) is 6.04 Å². The van der Waals surface area contributed by atoms with E-state index < -0.39 is 0 Å². The van der Waals surface area contributed by atoms with Crippen molar-refractivity contribution in [3.05, 3.63) is 57.8 Å². The molecule has 0 aliphatic heterocycles. The van der Waals surface area contributed by atoms with Crippen molar-refractivity contribution in [3.63, 3.8) is 0 Å². The van der Waals surface area contributed by atoms with Crippen LogP contribution in [0.3, 0.4) is 0 Å². The molecule has 3 heteroatoms. The third-order valence-electron chi connectivity index (χ3n) is 4.52. The molecule has 100 valence electrons. The van der Waals surface area contributed by atoms with Gasteiger partial charge < -0.3 is 0 Å². The number of nitrogens with one attached hydrogen (secondary N) is 1. The number of rotatable bonds is 4. The third-order valence-corrected chi connectivity index (χ3v) is 5.39. The smallest absolute Gasteiger partial charge is 0.0567 e. The van der Waals surface area contributed by atoms with E-state index in [1.165, 1.54) is 35.3 Å². The Labute approximate surface area is 118 Å². The predicted octanol–water partition coefficient (Wildman–Crippen LogP) is 3.68. The Morgan fingerprint density at radius 2 is 1.95 bits per heavy atom. The zero-order valence-corrected chi connectivity index (χ0v) is 12.0. The average molecular weight is 272 g/mol. The van der Waals surface area contributed by atoms with E-state index in [9.17, 15) is 0 Å². The van der Waals surface area contributed by atoms with Gasteiger partial charge in [0.15, 0.2) is 0 Å². The minimum atomic E-state index is 0.168. The van der Waals surface area contributed by atoms with Gasteiger partial charge >= 0.3 is 0 Å². The molecule has 3 N–H and O–H groups in total. The number of hydrazine groups is 1. The summed E-state index contributed by atoms with van der Waals surface area (Å²) in [5.74, 6) is 5.92. The Morgan fingerprint density at radius 3 is 2.42 bits per heavy atom. The van der Waals surface area contributed by atoms with Crippen LogP contribution in [0.15, 0.2) is 41.8 Å². The molecule has 1 unspecified atom stereocenters. The van der Waals surface area contributed by atoms with Gasteiger partial charge in [-0.05, 0) is 42.3 Å². The minimum Gasteiger partial charge on any atom is -0.271 e. The van der Waals surface area contributed by atoms with Crippen molar-refractivity contribution in [2.45, 2.75) is 37.6 Å². The molecule has 3 rings (SSSR count).